The third-order valence-corrected chi connectivity index (χ3v) is 13.7. The van der Waals surface area contributed by atoms with Crippen LogP contribution in [0.25, 0.3) is 65.0 Å². The van der Waals surface area contributed by atoms with E-state index in [0.29, 0.717) is 0 Å². The fourth-order valence-electron chi connectivity index (χ4n) is 9.96. The first-order chi connectivity index (χ1) is 29.3. The Kier molecular flexibility index (Phi) is 7.69. The van der Waals surface area contributed by atoms with Gasteiger partial charge in [-0.3, -0.25) is 0 Å². The fourth-order valence-corrected chi connectivity index (χ4v) is 11.3. The van der Waals surface area contributed by atoms with Crippen molar-refractivity contribution >= 4 is 38.5 Å². The lowest BCUT2D eigenvalue weighted by Crippen LogP contribution is -2.25. The number of fused-ring (bicyclic) bond motifs is 12. The molecule has 12 rings (SSSR count). The van der Waals surface area contributed by atoms with E-state index in [-0.39, 0.29) is 5.41 Å². The molecule has 0 saturated carbocycles. The van der Waals surface area contributed by atoms with Crippen LogP contribution in [-0.2, 0) is 5.41 Å². The second-order valence-electron chi connectivity index (χ2n) is 15.6. The lowest BCUT2D eigenvalue weighted by atomic mass is 9.70. The summed E-state index contributed by atoms with van der Waals surface area (Å²) < 4.78 is 1.35. The van der Waals surface area contributed by atoms with Crippen LogP contribution in [0.5, 0.6) is 0 Å². The van der Waals surface area contributed by atoms with E-state index < -0.39 is 0 Å². The highest BCUT2D eigenvalue weighted by atomic mass is 32.1. The zero-order chi connectivity index (χ0) is 38.9. The predicted molar refractivity (Wildman–Crippen MR) is 249 cm³/mol. The molecule has 0 amide bonds. The number of anilines is 3. The number of hydrogen-bond acceptors (Lipinski definition) is 2. The molecule has 1 spiro atoms. The molecule has 0 aliphatic heterocycles. The van der Waals surface area contributed by atoms with Gasteiger partial charge in [0, 0.05) is 26.5 Å². The van der Waals surface area contributed by atoms with E-state index in [1.165, 1.54) is 87.3 Å². The van der Waals surface area contributed by atoms with E-state index in [9.17, 15) is 0 Å². The maximum absolute atomic E-state index is 2.49. The number of hydrogen-bond donors (Lipinski definition) is 0. The summed E-state index contributed by atoms with van der Waals surface area (Å²) in [6.07, 6.45) is 0. The minimum Gasteiger partial charge on any atom is -0.310 e. The molecule has 0 bridgehead atoms. The van der Waals surface area contributed by atoms with Crippen LogP contribution in [0.3, 0.4) is 0 Å². The van der Waals surface area contributed by atoms with Crippen molar-refractivity contribution in [3.63, 3.8) is 0 Å². The second-order valence-corrected chi connectivity index (χ2v) is 16.6. The maximum atomic E-state index is 2.49. The van der Waals surface area contributed by atoms with E-state index in [2.05, 4.69) is 229 Å². The van der Waals surface area contributed by atoms with Gasteiger partial charge < -0.3 is 4.90 Å². The van der Waals surface area contributed by atoms with Crippen molar-refractivity contribution in [2.24, 2.45) is 0 Å². The van der Waals surface area contributed by atoms with Gasteiger partial charge in [-0.15, -0.1) is 11.3 Å². The van der Waals surface area contributed by atoms with Gasteiger partial charge in [0.1, 0.15) is 0 Å². The molecular weight excluding hydrogens is 731 g/mol. The number of thiophene rings is 1. The molecule has 1 atom stereocenters. The summed E-state index contributed by atoms with van der Waals surface area (Å²) in [5, 5.41) is 1.36. The first-order valence-electron chi connectivity index (χ1n) is 20.3. The quantitative estimate of drug-likeness (QED) is 0.163. The summed E-state index contributed by atoms with van der Waals surface area (Å²) in [6, 6.07) is 82.5. The SMILES string of the molecule is c1ccc(-c2ccccc2N(c2ccccc2)c2ccc(-c3ccc(-c4ccc5c(c4)C4(c6ccccc6-5)c5ccccc5-c5sc6ccccc6c54)cc3)cc2)cc1. The van der Waals surface area contributed by atoms with Gasteiger partial charge in [0.05, 0.1) is 11.1 Å². The highest BCUT2D eigenvalue weighted by Crippen LogP contribution is 2.66. The number of nitrogens with zero attached hydrogens (tertiary/aromatic N) is 1. The zero-order valence-corrected chi connectivity index (χ0v) is 33.0. The molecule has 2 aliphatic rings. The summed E-state index contributed by atoms with van der Waals surface area (Å²) in [5.74, 6) is 0. The number of rotatable bonds is 6. The van der Waals surface area contributed by atoms with Crippen LogP contribution in [0.2, 0.25) is 0 Å². The Morgan fingerprint density at radius 2 is 0.847 bits per heavy atom. The maximum Gasteiger partial charge on any atom is 0.0740 e. The molecule has 1 unspecified atom stereocenters. The van der Waals surface area contributed by atoms with E-state index in [0.717, 1.165) is 17.1 Å². The Bertz CT molecular complexity index is 3200. The lowest BCUT2D eigenvalue weighted by Gasteiger charge is -2.30. The van der Waals surface area contributed by atoms with Crippen molar-refractivity contribution in [3.8, 4) is 54.9 Å². The lowest BCUT2D eigenvalue weighted by molar-refractivity contribution is 0.803. The van der Waals surface area contributed by atoms with Gasteiger partial charge in [0.25, 0.3) is 0 Å². The van der Waals surface area contributed by atoms with E-state index in [1.807, 2.05) is 11.3 Å². The summed E-state index contributed by atoms with van der Waals surface area (Å²) in [6.45, 7) is 0. The third-order valence-electron chi connectivity index (χ3n) is 12.5. The summed E-state index contributed by atoms with van der Waals surface area (Å²) in [5.41, 5.74) is 19.8. The largest absolute Gasteiger partial charge is 0.310 e. The standard InChI is InChI=1S/C57H37NS/c1-3-15-41(16-4-1)45-19-9-13-25-53(45)58(43-17-5-2-6-18-43)44-34-31-39(32-35-44)38-27-29-40(30-28-38)42-33-36-47-46-20-7-11-23-50(46)57(52(47)37-42)51-24-12-8-21-48(51)56-55(57)49-22-10-14-26-54(49)59-56/h1-37H. The van der Waals surface area contributed by atoms with Gasteiger partial charge in [0.2, 0.25) is 0 Å². The molecule has 0 fully saturated rings. The van der Waals surface area contributed by atoms with E-state index in [4.69, 9.17) is 0 Å². The first-order valence-corrected chi connectivity index (χ1v) is 21.2. The van der Waals surface area contributed by atoms with Crippen molar-refractivity contribution < 1.29 is 0 Å². The molecule has 1 aromatic heterocycles. The van der Waals surface area contributed by atoms with Gasteiger partial charge in [-0.2, -0.15) is 0 Å². The van der Waals surface area contributed by atoms with Crippen molar-refractivity contribution in [2.75, 3.05) is 4.90 Å². The molecule has 10 aromatic rings. The third kappa shape index (κ3) is 5.10. The van der Waals surface area contributed by atoms with Crippen LogP contribution in [0.4, 0.5) is 17.1 Å². The van der Waals surface area contributed by atoms with Crippen LogP contribution in [0, 0.1) is 0 Å². The summed E-state index contributed by atoms with van der Waals surface area (Å²) >= 11 is 1.94. The van der Waals surface area contributed by atoms with E-state index >= 15 is 0 Å². The molecule has 2 aliphatic carbocycles. The topological polar surface area (TPSA) is 3.24 Å². The van der Waals surface area contributed by atoms with Crippen LogP contribution >= 0.6 is 11.3 Å². The van der Waals surface area contributed by atoms with Crippen LogP contribution in [0.15, 0.2) is 224 Å². The number of para-hydroxylation sites is 2. The van der Waals surface area contributed by atoms with Gasteiger partial charge in [-0.1, -0.05) is 182 Å². The smallest absolute Gasteiger partial charge is 0.0740 e. The average molecular weight is 768 g/mol. The van der Waals surface area contributed by atoms with Crippen LogP contribution < -0.4 is 4.90 Å². The van der Waals surface area contributed by atoms with Crippen LogP contribution in [0.1, 0.15) is 22.3 Å². The normalized spacial score (nSPS) is 14.5. The Morgan fingerprint density at radius 1 is 0.339 bits per heavy atom. The Morgan fingerprint density at radius 3 is 1.59 bits per heavy atom. The highest BCUT2D eigenvalue weighted by Gasteiger charge is 2.53. The van der Waals surface area contributed by atoms with Gasteiger partial charge >= 0.3 is 0 Å². The van der Waals surface area contributed by atoms with Crippen molar-refractivity contribution in [2.45, 2.75) is 5.41 Å². The molecule has 0 saturated heterocycles. The van der Waals surface area contributed by atoms with Gasteiger partial charge in [0.15, 0.2) is 0 Å². The molecule has 59 heavy (non-hydrogen) atoms. The van der Waals surface area contributed by atoms with Crippen molar-refractivity contribution in [1.82, 2.24) is 0 Å². The fraction of sp³-hybridized carbons (Fsp3) is 0.0175. The van der Waals surface area contributed by atoms with Crippen molar-refractivity contribution in [1.29, 1.82) is 0 Å². The highest BCUT2D eigenvalue weighted by molar-refractivity contribution is 7.22. The molecule has 0 N–H and O–H groups in total. The summed E-state index contributed by atoms with van der Waals surface area (Å²) in [7, 11) is 0. The molecule has 276 valence electrons. The Hall–Kier alpha value is -7.26. The van der Waals surface area contributed by atoms with Crippen molar-refractivity contribution in [3.05, 3.63) is 247 Å². The number of benzene rings is 9. The Balaban J connectivity index is 0.927. The average Bonchev–Trinajstić information content (AvgIpc) is 3.94. The molecule has 1 heterocycles. The minimum atomic E-state index is -0.371. The van der Waals surface area contributed by atoms with E-state index in [1.54, 1.807) is 0 Å². The minimum absolute atomic E-state index is 0.371. The molecule has 2 heteroatoms. The summed E-state index contributed by atoms with van der Waals surface area (Å²) in [4.78, 5) is 3.76. The molecule has 0 radical (unpaired) electrons. The predicted octanol–water partition coefficient (Wildman–Crippen LogP) is 15.7. The first kappa shape index (κ1) is 33.8. The van der Waals surface area contributed by atoms with Gasteiger partial charge in [-0.25, -0.2) is 0 Å². The van der Waals surface area contributed by atoms with Gasteiger partial charge in [-0.05, 0) is 115 Å². The second kappa shape index (κ2) is 13.4. The monoisotopic (exact) mass is 767 g/mol. The Labute approximate surface area is 348 Å². The molecule has 1 nitrogen and oxygen atoms in total. The van der Waals surface area contributed by atoms with Crippen LogP contribution in [-0.4, -0.2) is 0 Å². The molecule has 9 aromatic carbocycles. The molecular formula is C57H37NS. The zero-order valence-electron chi connectivity index (χ0n) is 32.2.